The summed E-state index contributed by atoms with van der Waals surface area (Å²) in [7, 11) is 4.22. The molecule has 1 atom stereocenters. The first kappa shape index (κ1) is 23.4. The van der Waals surface area contributed by atoms with E-state index >= 15 is 0 Å². The number of nitrogens with zero attached hydrogens (tertiary/aromatic N) is 4. The number of anilines is 3. The van der Waals surface area contributed by atoms with Crippen LogP contribution in [0.3, 0.4) is 0 Å². The van der Waals surface area contributed by atoms with Crippen LogP contribution in [0, 0.1) is 5.92 Å². The van der Waals surface area contributed by atoms with Gasteiger partial charge in [-0.25, -0.2) is 4.98 Å². The average Bonchev–Trinajstić information content (AvgIpc) is 3.30. The van der Waals surface area contributed by atoms with Gasteiger partial charge in [0, 0.05) is 55.7 Å². The van der Waals surface area contributed by atoms with Gasteiger partial charge in [0.2, 0.25) is 5.91 Å². The normalized spacial score (nSPS) is 19.9. The Kier molecular flexibility index (Phi) is 6.78. The third-order valence-electron chi connectivity index (χ3n) is 6.66. The van der Waals surface area contributed by atoms with Crippen LogP contribution < -0.4 is 15.1 Å². The van der Waals surface area contributed by atoms with Gasteiger partial charge in [-0.15, -0.1) is 0 Å². The molecule has 1 aromatic carbocycles. The second kappa shape index (κ2) is 9.59. The molecule has 2 aromatic rings. The van der Waals surface area contributed by atoms with E-state index in [9.17, 15) is 18.0 Å². The molecule has 1 amide bonds. The fraction of sp³-hybridized carbons (Fsp3) is 0.500. The number of halogens is 3. The molecule has 0 aliphatic carbocycles. The molecule has 2 aliphatic rings. The molecule has 1 N–H and O–H groups in total. The molecule has 33 heavy (non-hydrogen) atoms. The lowest BCUT2D eigenvalue weighted by molar-refractivity contribution is -0.137. The largest absolute Gasteiger partial charge is 0.417 e. The number of pyridine rings is 1. The molecule has 0 bridgehead atoms. The van der Waals surface area contributed by atoms with E-state index < -0.39 is 11.7 Å². The van der Waals surface area contributed by atoms with Gasteiger partial charge in [0.05, 0.1) is 5.56 Å². The highest BCUT2D eigenvalue weighted by atomic mass is 19.4. The molecule has 1 unspecified atom stereocenters. The number of likely N-dealkylation sites (N-methyl/N-ethyl adjacent to an activating group) is 1. The van der Waals surface area contributed by atoms with Crippen LogP contribution in [0.4, 0.5) is 30.4 Å². The number of carbonyl (C=O) groups excluding carboxylic acids is 1. The molecule has 2 fully saturated rings. The molecule has 0 radical (unpaired) electrons. The van der Waals surface area contributed by atoms with E-state index in [4.69, 9.17) is 0 Å². The lowest BCUT2D eigenvalue weighted by Gasteiger charge is -2.32. The lowest BCUT2D eigenvalue weighted by atomic mass is 9.95. The number of hydrogen-bond donors (Lipinski definition) is 1. The molecule has 4 rings (SSSR count). The highest BCUT2D eigenvalue weighted by Crippen LogP contribution is 2.30. The Labute approximate surface area is 192 Å². The average molecular weight is 462 g/mol. The SMILES string of the molecule is CN(C)C1CCN(c2ccc(NC(=O)C3CCN(c4ccc(C(F)(F)F)cn4)CC3)cc2)C1. The molecule has 1 aromatic heterocycles. The Hall–Kier alpha value is -2.81. The summed E-state index contributed by atoms with van der Waals surface area (Å²) in [6, 6.07) is 11.0. The van der Waals surface area contributed by atoms with Gasteiger partial charge in [-0.05, 0) is 69.8 Å². The zero-order chi connectivity index (χ0) is 23.6. The van der Waals surface area contributed by atoms with Crippen LogP contribution in [0.2, 0.25) is 0 Å². The highest BCUT2D eigenvalue weighted by Gasteiger charge is 2.31. The van der Waals surface area contributed by atoms with Crippen molar-refractivity contribution in [2.75, 3.05) is 55.4 Å². The first-order chi connectivity index (χ1) is 15.7. The third kappa shape index (κ3) is 5.58. The van der Waals surface area contributed by atoms with E-state index in [0.717, 1.165) is 43.1 Å². The van der Waals surface area contributed by atoms with Crippen LogP contribution in [0.25, 0.3) is 0 Å². The van der Waals surface area contributed by atoms with Crippen molar-refractivity contribution in [1.82, 2.24) is 9.88 Å². The van der Waals surface area contributed by atoms with E-state index in [2.05, 4.69) is 34.2 Å². The minimum atomic E-state index is -4.39. The van der Waals surface area contributed by atoms with E-state index in [0.29, 0.717) is 37.8 Å². The maximum Gasteiger partial charge on any atom is 0.417 e. The van der Waals surface area contributed by atoms with E-state index in [-0.39, 0.29) is 11.8 Å². The zero-order valence-electron chi connectivity index (χ0n) is 19.0. The molecular formula is C24H30F3N5O. The molecule has 3 heterocycles. The Morgan fingerprint density at radius 3 is 2.21 bits per heavy atom. The monoisotopic (exact) mass is 461 g/mol. The van der Waals surface area contributed by atoms with Gasteiger partial charge in [-0.3, -0.25) is 4.79 Å². The number of carbonyl (C=O) groups is 1. The van der Waals surface area contributed by atoms with Crippen LogP contribution >= 0.6 is 0 Å². The number of aromatic nitrogens is 1. The molecule has 6 nitrogen and oxygen atoms in total. The Balaban J connectivity index is 1.27. The van der Waals surface area contributed by atoms with Crippen molar-refractivity contribution >= 4 is 23.1 Å². The smallest absolute Gasteiger partial charge is 0.370 e. The number of alkyl halides is 3. The summed E-state index contributed by atoms with van der Waals surface area (Å²) in [5.74, 6) is 0.363. The van der Waals surface area contributed by atoms with Crippen LogP contribution in [-0.2, 0) is 11.0 Å². The summed E-state index contributed by atoms with van der Waals surface area (Å²) in [4.78, 5) is 23.2. The van der Waals surface area contributed by atoms with Crippen molar-refractivity contribution in [2.45, 2.75) is 31.5 Å². The van der Waals surface area contributed by atoms with Crippen LogP contribution in [-0.4, -0.2) is 62.1 Å². The Bertz CT molecular complexity index is 938. The summed E-state index contributed by atoms with van der Waals surface area (Å²) in [6.07, 6.45) is -1.12. The quantitative estimate of drug-likeness (QED) is 0.727. The minimum Gasteiger partial charge on any atom is -0.370 e. The molecule has 0 spiro atoms. The Morgan fingerprint density at radius 1 is 1.00 bits per heavy atom. The van der Waals surface area contributed by atoms with Crippen molar-refractivity contribution in [1.29, 1.82) is 0 Å². The van der Waals surface area contributed by atoms with Gasteiger partial charge >= 0.3 is 6.18 Å². The van der Waals surface area contributed by atoms with E-state index in [1.54, 1.807) is 0 Å². The van der Waals surface area contributed by atoms with Crippen LogP contribution in [0.15, 0.2) is 42.6 Å². The fourth-order valence-electron chi connectivity index (χ4n) is 4.51. The summed E-state index contributed by atoms with van der Waals surface area (Å²) in [5, 5.41) is 3.01. The van der Waals surface area contributed by atoms with Gasteiger partial charge in [0.15, 0.2) is 0 Å². The minimum absolute atomic E-state index is 0.0170. The summed E-state index contributed by atoms with van der Waals surface area (Å²) in [5.41, 5.74) is 1.18. The second-order valence-electron chi connectivity index (χ2n) is 9.05. The van der Waals surface area contributed by atoms with Crippen LogP contribution in [0.5, 0.6) is 0 Å². The topological polar surface area (TPSA) is 51.7 Å². The van der Waals surface area contributed by atoms with Gasteiger partial charge in [0.25, 0.3) is 0 Å². The zero-order valence-corrected chi connectivity index (χ0v) is 19.0. The molecule has 0 saturated carbocycles. The Morgan fingerprint density at radius 2 is 1.67 bits per heavy atom. The third-order valence-corrected chi connectivity index (χ3v) is 6.66. The summed E-state index contributed by atoms with van der Waals surface area (Å²) >= 11 is 0. The standard InChI is InChI=1S/C24H30F3N5O/c1-30(2)21-11-14-32(16-21)20-6-4-19(5-7-20)29-23(33)17-9-12-31(13-10-17)22-8-3-18(15-28-22)24(25,26)27/h3-8,15,17,21H,9-14,16H2,1-2H3,(H,29,33). The van der Waals surface area contributed by atoms with Crippen molar-refractivity contribution < 1.29 is 18.0 Å². The first-order valence-electron chi connectivity index (χ1n) is 11.3. The molecule has 9 heteroatoms. The molecule has 2 aliphatic heterocycles. The van der Waals surface area contributed by atoms with Crippen molar-refractivity contribution in [3.63, 3.8) is 0 Å². The number of nitrogens with one attached hydrogen (secondary N) is 1. The number of rotatable bonds is 5. The second-order valence-corrected chi connectivity index (χ2v) is 9.05. The van der Waals surface area contributed by atoms with Crippen LogP contribution in [0.1, 0.15) is 24.8 Å². The van der Waals surface area contributed by atoms with E-state index in [1.165, 1.54) is 6.07 Å². The summed E-state index contributed by atoms with van der Waals surface area (Å²) < 4.78 is 38.2. The molecule has 178 valence electrons. The molecule has 2 saturated heterocycles. The van der Waals surface area contributed by atoms with Crippen molar-refractivity contribution in [3.8, 4) is 0 Å². The van der Waals surface area contributed by atoms with Gasteiger partial charge in [0.1, 0.15) is 5.82 Å². The van der Waals surface area contributed by atoms with Gasteiger partial charge in [-0.2, -0.15) is 13.2 Å². The predicted octanol–water partition coefficient (Wildman–Crippen LogP) is 4.10. The summed E-state index contributed by atoms with van der Waals surface area (Å²) in [6.45, 7) is 3.20. The maximum absolute atomic E-state index is 12.7. The maximum atomic E-state index is 12.7. The lowest BCUT2D eigenvalue weighted by Crippen LogP contribution is -2.38. The van der Waals surface area contributed by atoms with Crippen molar-refractivity contribution in [3.05, 3.63) is 48.2 Å². The van der Waals surface area contributed by atoms with Gasteiger partial charge < -0.3 is 20.0 Å². The molecular weight excluding hydrogens is 431 g/mol. The number of hydrogen-bond acceptors (Lipinski definition) is 5. The fourth-order valence-corrected chi connectivity index (χ4v) is 4.51. The van der Waals surface area contributed by atoms with E-state index in [1.807, 2.05) is 29.2 Å². The first-order valence-corrected chi connectivity index (χ1v) is 11.3. The predicted molar refractivity (Wildman–Crippen MR) is 124 cm³/mol. The highest BCUT2D eigenvalue weighted by molar-refractivity contribution is 5.92. The van der Waals surface area contributed by atoms with Gasteiger partial charge in [-0.1, -0.05) is 0 Å². The number of piperidine rings is 1. The van der Waals surface area contributed by atoms with Crippen molar-refractivity contribution in [2.24, 2.45) is 5.92 Å². The number of amides is 1. The number of benzene rings is 1.